The van der Waals surface area contributed by atoms with Crippen molar-refractivity contribution < 1.29 is 0 Å². The highest BCUT2D eigenvalue weighted by molar-refractivity contribution is 4.84. The van der Waals surface area contributed by atoms with Crippen LogP contribution in [0.2, 0.25) is 0 Å². The molecule has 0 radical (unpaired) electrons. The van der Waals surface area contributed by atoms with E-state index in [9.17, 15) is 0 Å². The molecule has 0 aromatic carbocycles. The summed E-state index contributed by atoms with van der Waals surface area (Å²) in [6.45, 7) is 7.02. The minimum Gasteiger partial charge on any atom is -0.317 e. The minimum atomic E-state index is 0.672. The van der Waals surface area contributed by atoms with Gasteiger partial charge in [0.1, 0.15) is 0 Å². The van der Waals surface area contributed by atoms with Crippen LogP contribution in [0.15, 0.2) is 0 Å². The third-order valence-electron chi connectivity index (χ3n) is 4.13. The zero-order valence-corrected chi connectivity index (χ0v) is 12.4. The van der Waals surface area contributed by atoms with Crippen molar-refractivity contribution in [3.05, 3.63) is 0 Å². The molecule has 1 aliphatic carbocycles. The lowest BCUT2D eigenvalue weighted by Gasteiger charge is -2.40. The third-order valence-corrected chi connectivity index (χ3v) is 4.13. The molecule has 1 atom stereocenters. The zero-order chi connectivity index (χ0) is 12.8. The van der Waals surface area contributed by atoms with E-state index < -0.39 is 0 Å². The summed E-state index contributed by atoms with van der Waals surface area (Å²) in [6, 6.07) is 2.24. The SMILES string of the molecule is CCN(C(C)CN(C)C)C1CCC(NC)CC1. The summed E-state index contributed by atoms with van der Waals surface area (Å²) in [5.74, 6) is 0. The molecule has 0 aliphatic heterocycles. The van der Waals surface area contributed by atoms with Crippen LogP contribution in [-0.2, 0) is 0 Å². The number of likely N-dealkylation sites (N-methyl/N-ethyl adjacent to an activating group) is 2. The predicted molar refractivity (Wildman–Crippen MR) is 75.5 cm³/mol. The second-order valence-electron chi connectivity index (χ2n) is 5.74. The van der Waals surface area contributed by atoms with Crippen LogP contribution in [0.25, 0.3) is 0 Å². The lowest BCUT2D eigenvalue weighted by atomic mass is 9.89. The molecule has 0 bridgehead atoms. The highest BCUT2D eigenvalue weighted by Crippen LogP contribution is 2.24. The van der Waals surface area contributed by atoms with E-state index in [0.29, 0.717) is 6.04 Å². The second-order valence-corrected chi connectivity index (χ2v) is 5.74. The molecule has 0 aromatic heterocycles. The summed E-state index contributed by atoms with van der Waals surface area (Å²) >= 11 is 0. The first-order chi connectivity index (χ1) is 8.08. The normalized spacial score (nSPS) is 27.7. The highest BCUT2D eigenvalue weighted by Gasteiger charge is 2.27. The van der Waals surface area contributed by atoms with E-state index in [2.05, 4.69) is 50.1 Å². The van der Waals surface area contributed by atoms with E-state index in [0.717, 1.165) is 12.1 Å². The van der Waals surface area contributed by atoms with Gasteiger partial charge < -0.3 is 10.2 Å². The third kappa shape index (κ3) is 4.57. The van der Waals surface area contributed by atoms with Gasteiger partial charge in [-0.2, -0.15) is 0 Å². The number of hydrogen-bond acceptors (Lipinski definition) is 3. The van der Waals surface area contributed by atoms with Crippen LogP contribution in [-0.4, -0.2) is 62.2 Å². The van der Waals surface area contributed by atoms with Gasteiger partial charge in [-0.3, -0.25) is 4.90 Å². The van der Waals surface area contributed by atoms with Gasteiger partial charge in [-0.15, -0.1) is 0 Å². The van der Waals surface area contributed by atoms with E-state index >= 15 is 0 Å². The molecule has 1 saturated carbocycles. The summed E-state index contributed by atoms with van der Waals surface area (Å²) in [6.07, 6.45) is 5.40. The average molecular weight is 241 g/mol. The molecule has 1 N–H and O–H groups in total. The van der Waals surface area contributed by atoms with Crippen LogP contribution >= 0.6 is 0 Å². The monoisotopic (exact) mass is 241 g/mol. The lowest BCUT2D eigenvalue weighted by molar-refractivity contribution is 0.0952. The molecule has 1 rings (SSSR count). The Bertz CT molecular complexity index is 198. The molecule has 0 spiro atoms. The van der Waals surface area contributed by atoms with E-state index in [1.54, 1.807) is 0 Å². The Balaban J connectivity index is 2.45. The van der Waals surface area contributed by atoms with Gasteiger partial charge >= 0.3 is 0 Å². The van der Waals surface area contributed by atoms with Gasteiger partial charge in [-0.05, 0) is 60.3 Å². The van der Waals surface area contributed by atoms with E-state index in [1.807, 2.05) is 0 Å². The lowest BCUT2D eigenvalue weighted by Crippen LogP contribution is -2.48. The molecule has 3 heteroatoms. The smallest absolute Gasteiger partial charge is 0.0197 e. The zero-order valence-electron chi connectivity index (χ0n) is 12.4. The highest BCUT2D eigenvalue weighted by atomic mass is 15.2. The van der Waals surface area contributed by atoms with Crippen LogP contribution < -0.4 is 5.32 Å². The van der Waals surface area contributed by atoms with Gasteiger partial charge in [-0.25, -0.2) is 0 Å². The number of rotatable bonds is 6. The number of nitrogens with zero attached hydrogens (tertiary/aromatic N) is 2. The molecule has 17 heavy (non-hydrogen) atoms. The molecule has 3 nitrogen and oxygen atoms in total. The standard InChI is InChI=1S/C14H31N3/c1-6-17(12(2)11-16(4)5)14-9-7-13(15-3)8-10-14/h12-15H,6-11H2,1-5H3. The molecule has 1 fully saturated rings. The Labute approximate surface area is 108 Å². The van der Waals surface area contributed by atoms with Crippen molar-refractivity contribution in [2.24, 2.45) is 0 Å². The van der Waals surface area contributed by atoms with Gasteiger partial charge in [-0.1, -0.05) is 6.92 Å². The van der Waals surface area contributed by atoms with Crippen LogP contribution in [0, 0.1) is 0 Å². The first kappa shape index (κ1) is 14.9. The first-order valence-corrected chi connectivity index (χ1v) is 7.16. The van der Waals surface area contributed by atoms with E-state index in [4.69, 9.17) is 0 Å². The second kappa shape index (κ2) is 7.34. The van der Waals surface area contributed by atoms with E-state index in [-0.39, 0.29) is 0 Å². The minimum absolute atomic E-state index is 0.672. The Hall–Kier alpha value is -0.120. The van der Waals surface area contributed by atoms with Crippen LogP contribution in [0.3, 0.4) is 0 Å². The molecule has 102 valence electrons. The summed E-state index contributed by atoms with van der Waals surface area (Å²) in [5, 5.41) is 3.42. The van der Waals surface area contributed by atoms with Crippen molar-refractivity contribution >= 4 is 0 Å². The fourth-order valence-electron chi connectivity index (χ4n) is 3.26. The fourth-order valence-corrected chi connectivity index (χ4v) is 3.26. The average Bonchev–Trinajstić information content (AvgIpc) is 2.30. The molecule has 1 aliphatic rings. The molecular weight excluding hydrogens is 210 g/mol. The van der Waals surface area contributed by atoms with Crippen LogP contribution in [0.4, 0.5) is 0 Å². The molecule has 0 amide bonds. The van der Waals surface area contributed by atoms with Gasteiger partial charge in [0, 0.05) is 24.7 Å². The molecular formula is C14H31N3. The summed E-state index contributed by atoms with van der Waals surface area (Å²) in [7, 11) is 6.43. The Morgan fingerprint density at radius 2 is 1.76 bits per heavy atom. The molecule has 0 aromatic rings. The van der Waals surface area contributed by atoms with Gasteiger partial charge in [0.15, 0.2) is 0 Å². The Morgan fingerprint density at radius 1 is 1.18 bits per heavy atom. The van der Waals surface area contributed by atoms with Crippen molar-refractivity contribution in [1.82, 2.24) is 15.1 Å². The molecule has 1 unspecified atom stereocenters. The van der Waals surface area contributed by atoms with Crippen molar-refractivity contribution in [1.29, 1.82) is 0 Å². The first-order valence-electron chi connectivity index (χ1n) is 7.16. The topological polar surface area (TPSA) is 18.5 Å². The van der Waals surface area contributed by atoms with Crippen LogP contribution in [0.1, 0.15) is 39.5 Å². The van der Waals surface area contributed by atoms with Crippen molar-refractivity contribution in [3.8, 4) is 0 Å². The Morgan fingerprint density at radius 3 is 2.18 bits per heavy atom. The van der Waals surface area contributed by atoms with Gasteiger partial charge in [0.25, 0.3) is 0 Å². The summed E-state index contributed by atoms with van der Waals surface area (Å²) < 4.78 is 0. The van der Waals surface area contributed by atoms with Crippen molar-refractivity contribution in [2.45, 2.75) is 57.7 Å². The number of hydrogen-bond donors (Lipinski definition) is 1. The largest absolute Gasteiger partial charge is 0.317 e. The maximum absolute atomic E-state index is 3.42. The van der Waals surface area contributed by atoms with Crippen molar-refractivity contribution in [2.75, 3.05) is 34.2 Å². The number of nitrogens with one attached hydrogen (secondary N) is 1. The van der Waals surface area contributed by atoms with Crippen molar-refractivity contribution in [3.63, 3.8) is 0 Å². The van der Waals surface area contributed by atoms with Gasteiger partial charge in [0.2, 0.25) is 0 Å². The van der Waals surface area contributed by atoms with E-state index in [1.165, 1.54) is 38.8 Å². The maximum atomic E-state index is 3.42. The fraction of sp³-hybridized carbons (Fsp3) is 1.00. The summed E-state index contributed by atoms with van der Waals surface area (Å²) in [4.78, 5) is 5.00. The van der Waals surface area contributed by atoms with Crippen LogP contribution in [0.5, 0.6) is 0 Å². The quantitative estimate of drug-likeness (QED) is 0.765. The van der Waals surface area contributed by atoms with Gasteiger partial charge in [0.05, 0.1) is 0 Å². The Kier molecular flexibility index (Phi) is 6.45. The summed E-state index contributed by atoms with van der Waals surface area (Å²) in [5.41, 5.74) is 0. The predicted octanol–water partition coefficient (Wildman–Crippen LogP) is 1.79. The molecule has 0 saturated heterocycles. The maximum Gasteiger partial charge on any atom is 0.0197 e. The molecule has 0 heterocycles.